The van der Waals surface area contributed by atoms with Crippen LogP contribution in [-0.2, 0) is 0 Å². The first-order chi connectivity index (χ1) is 3.27. The molecule has 0 aromatic heterocycles. The minimum Gasteiger partial charge on any atom is -0.191 e. The molecule has 0 saturated heterocycles. The highest BCUT2D eigenvalue weighted by Crippen LogP contribution is 1.94. The first-order valence-electron chi connectivity index (χ1n) is 2.40. The maximum absolute atomic E-state index is 5.02. The van der Waals surface area contributed by atoms with E-state index in [0.717, 1.165) is 6.42 Å². The van der Waals surface area contributed by atoms with Crippen LogP contribution in [0.25, 0.3) is 0 Å². The lowest BCUT2D eigenvalue weighted by Gasteiger charge is -1.92. The molecule has 0 aromatic rings. The average molecular weight is 120 g/mol. The van der Waals surface area contributed by atoms with Gasteiger partial charge in [0.05, 0.1) is 0 Å². The van der Waals surface area contributed by atoms with Gasteiger partial charge < -0.3 is 0 Å². The molecule has 0 saturated carbocycles. The highest BCUT2D eigenvalue weighted by Gasteiger charge is 1.85. The van der Waals surface area contributed by atoms with Crippen molar-refractivity contribution in [2.24, 2.45) is 10.4 Å². The van der Waals surface area contributed by atoms with Gasteiger partial charge in [0.25, 0.3) is 0 Å². The van der Waals surface area contributed by atoms with Crippen LogP contribution in [0, 0.1) is 5.92 Å². The van der Waals surface area contributed by atoms with Gasteiger partial charge in [0, 0.05) is 18.0 Å². The Hall–Kier alpha value is -0.0400. The average Bonchev–Trinajstić information content (AvgIpc) is 1.61. The molecule has 0 atom stereocenters. The summed E-state index contributed by atoms with van der Waals surface area (Å²) in [7, 11) is 0. The van der Waals surface area contributed by atoms with Crippen LogP contribution in [0.5, 0.6) is 0 Å². The van der Waals surface area contributed by atoms with Crippen LogP contribution in [0.1, 0.15) is 20.3 Å². The molecule has 0 aromatic carbocycles. The maximum atomic E-state index is 5.02. The second kappa shape index (κ2) is 4.13. The number of halogens is 1. The Kier molecular flexibility index (Phi) is 4.10. The SMILES string of the molecule is CC(C)C/C=N/Cl. The highest BCUT2D eigenvalue weighted by molar-refractivity contribution is 6.17. The van der Waals surface area contributed by atoms with Gasteiger partial charge in [0.1, 0.15) is 0 Å². The Labute approximate surface area is 49.5 Å². The van der Waals surface area contributed by atoms with Crippen LogP contribution in [-0.4, -0.2) is 6.21 Å². The lowest BCUT2D eigenvalue weighted by atomic mass is 10.2. The van der Waals surface area contributed by atoms with Crippen LogP contribution in [0.3, 0.4) is 0 Å². The minimum absolute atomic E-state index is 0.669. The zero-order valence-electron chi connectivity index (χ0n) is 4.69. The maximum Gasteiger partial charge on any atom is 0.0361 e. The first kappa shape index (κ1) is 6.96. The molecule has 0 bridgehead atoms. The van der Waals surface area contributed by atoms with Crippen molar-refractivity contribution in [3.63, 3.8) is 0 Å². The molecule has 1 nitrogen and oxygen atoms in total. The molecule has 0 rings (SSSR count). The third-order valence-corrected chi connectivity index (χ3v) is 0.784. The van der Waals surface area contributed by atoms with Crippen LogP contribution in [0.4, 0.5) is 0 Å². The van der Waals surface area contributed by atoms with Gasteiger partial charge in [0.2, 0.25) is 0 Å². The van der Waals surface area contributed by atoms with E-state index >= 15 is 0 Å². The van der Waals surface area contributed by atoms with Crippen molar-refractivity contribution in [2.45, 2.75) is 20.3 Å². The second-order valence-electron chi connectivity index (χ2n) is 1.91. The van der Waals surface area contributed by atoms with Gasteiger partial charge in [-0.15, -0.1) is 0 Å². The van der Waals surface area contributed by atoms with E-state index in [4.69, 9.17) is 11.8 Å². The fourth-order valence-corrected chi connectivity index (χ4v) is 0.330. The predicted molar refractivity (Wildman–Crippen MR) is 33.8 cm³/mol. The number of hydrogen-bond donors (Lipinski definition) is 0. The third kappa shape index (κ3) is 5.96. The Morgan fingerprint density at radius 3 is 2.43 bits per heavy atom. The lowest BCUT2D eigenvalue weighted by molar-refractivity contribution is 0.691. The van der Waals surface area contributed by atoms with Crippen molar-refractivity contribution in [2.75, 3.05) is 0 Å². The van der Waals surface area contributed by atoms with E-state index in [9.17, 15) is 0 Å². The van der Waals surface area contributed by atoms with E-state index in [-0.39, 0.29) is 0 Å². The molecule has 0 unspecified atom stereocenters. The van der Waals surface area contributed by atoms with Crippen LogP contribution >= 0.6 is 11.8 Å². The predicted octanol–water partition coefficient (Wildman–Crippen LogP) is 2.26. The molecule has 0 aliphatic carbocycles. The topological polar surface area (TPSA) is 12.4 Å². The fourth-order valence-electron chi connectivity index (χ4n) is 0.251. The van der Waals surface area contributed by atoms with Crippen molar-refractivity contribution >= 4 is 18.0 Å². The van der Waals surface area contributed by atoms with Crippen LogP contribution in [0.15, 0.2) is 4.51 Å². The van der Waals surface area contributed by atoms with Gasteiger partial charge in [-0.25, -0.2) is 0 Å². The zero-order valence-corrected chi connectivity index (χ0v) is 5.44. The smallest absolute Gasteiger partial charge is 0.0361 e. The van der Waals surface area contributed by atoms with Crippen molar-refractivity contribution in [1.29, 1.82) is 0 Å². The van der Waals surface area contributed by atoms with Gasteiger partial charge in [-0.2, -0.15) is 4.51 Å². The van der Waals surface area contributed by atoms with Crippen molar-refractivity contribution in [1.82, 2.24) is 0 Å². The largest absolute Gasteiger partial charge is 0.191 e. The Morgan fingerprint density at radius 2 is 2.29 bits per heavy atom. The monoisotopic (exact) mass is 119 g/mol. The molecule has 0 aliphatic heterocycles. The second-order valence-corrected chi connectivity index (χ2v) is 2.10. The fraction of sp³-hybridized carbons (Fsp3) is 0.800. The van der Waals surface area contributed by atoms with Crippen molar-refractivity contribution < 1.29 is 0 Å². The molecule has 0 fully saturated rings. The van der Waals surface area contributed by atoms with Gasteiger partial charge in [-0.05, 0) is 12.3 Å². The van der Waals surface area contributed by atoms with E-state index in [1.54, 1.807) is 6.21 Å². The van der Waals surface area contributed by atoms with E-state index in [1.807, 2.05) is 0 Å². The summed E-state index contributed by atoms with van der Waals surface area (Å²) in [5.74, 6) is 0.669. The van der Waals surface area contributed by atoms with Crippen molar-refractivity contribution in [3.8, 4) is 0 Å². The quantitative estimate of drug-likeness (QED) is 0.495. The Bertz CT molecular complexity index is 59.1. The van der Waals surface area contributed by atoms with Gasteiger partial charge in [-0.1, -0.05) is 13.8 Å². The van der Waals surface area contributed by atoms with Gasteiger partial charge in [-0.3, -0.25) is 0 Å². The molecule has 2 heteroatoms. The summed E-state index contributed by atoms with van der Waals surface area (Å²) in [5.41, 5.74) is 0. The van der Waals surface area contributed by atoms with E-state index in [0.29, 0.717) is 5.92 Å². The molecular formula is C5H10ClN. The van der Waals surface area contributed by atoms with Crippen LogP contribution in [0.2, 0.25) is 0 Å². The molecule has 42 valence electrons. The normalized spacial score (nSPS) is 11.4. The van der Waals surface area contributed by atoms with E-state index < -0.39 is 0 Å². The zero-order chi connectivity index (χ0) is 5.70. The first-order valence-corrected chi connectivity index (χ1v) is 2.74. The number of nitrogens with zero attached hydrogens (tertiary/aromatic N) is 1. The summed E-state index contributed by atoms with van der Waals surface area (Å²) in [4.78, 5) is 0. The number of hydrogen-bond acceptors (Lipinski definition) is 1. The molecule has 0 heterocycles. The van der Waals surface area contributed by atoms with Gasteiger partial charge in [0.15, 0.2) is 0 Å². The summed E-state index contributed by atoms with van der Waals surface area (Å²) < 4.78 is 3.32. The summed E-state index contributed by atoms with van der Waals surface area (Å²) in [6.45, 7) is 4.25. The van der Waals surface area contributed by atoms with E-state index in [2.05, 4.69) is 18.4 Å². The standard InChI is InChI=1S/C5H10ClN/c1-5(2)3-4-7-6/h4-5H,3H2,1-2H3/b7-4+. The Morgan fingerprint density at radius 1 is 1.71 bits per heavy atom. The third-order valence-electron chi connectivity index (χ3n) is 0.646. The summed E-state index contributed by atoms with van der Waals surface area (Å²) in [6.07, 6.45) is 2.69. The van der Waals surface area contributed by atoms with Crippen molar-refractivity contribution in [3.05, 3.63) is 0 Å². The minimum atomic E-state index is 0.669. The molecular weight excluding hydrogens is 110 g/mol. The summed E-state index contributed by atoms with van der Waals surface area (Å²) in [6, 6.07) is 0. The molecule has 0 spiro atoms. The van der Waals surface area contributed by atoms with Crippen LogP contribution < -0.4 is 0 Å². The molecule has 7 heavy (non-hydrogen) atoms. The van der Waals surface area contributed by atoms with Gasteiger partial charge >= 0.3 is 0 Å². The molecule has 0 amide bonds. The molecule has 0 radical (unpaired) electrons. The molecule has 0 N–H and O–H groups in total. The number of rotatable bonds is 2. The lowest BCUT2D eigenvalue weighted by Crippen LogP contribution is -1.84. The van der Waals surface area contributed by atoms with E-state index in [1.165, 1.54) is 0 Å². The Balaban J connectivity index is 2.97. The highest BCUT2D eigenvalue weighted by atomic mass is 35.5. The summed E-state index contributed by atoms with van der Waals surface area (Å²) in [5, 5.41) is 0. The molecule has 0 aliphatic rings. The summed E-state index contributed by atoms with van der Waals surface area (Å²) >= 11 is 5.02.